The van der Waals surface area contributed by atoms with Crippen molar-refractivity contribution in [3.05, 3.63) is 47.0 Å². The number of rotatable bonds is 5. The number of benzene rings is 1. The Hall–Kier alpha value is -3.03. The zero-order valence-electron chi connectivity index (χ0n) is 14.8. The molecule has 1 aromatic carbocycles. The summed E-state index contributed by atoms with van der Waals surface area (Å²) in [4.78, 5) is 12.4. The van der Waals surface area contributed by atoms with Crippen LogP contribution in [0.3, 0.4) is 0 Å². The minimum atomic E-state index is -0.0281. The highest BCUT2D eigenvalue weighted by atomic mass is 16.1. The fourth-order valence-electron chi connectivity index (χ4n) is 2.80. The summed E-state index contributed by atoms with van der Waals surface area (Å²) in [6.07, 6.45) is 2.59. The van der Waals surface area contributed by atoms with Gasteiger partial charge in [-0.2, -0.15) is 5.10 Å². The average Bonchev–Trinajstić information content (AvgIpc) is 3.18. The second-order valence-corrected chi connectivity index (χ2v) is 6.07. The third-order valence-electron chi connectivity index (χ3n) is 4.37. The van der Waals surface area contributed by atoms with Crippen molar-refractivity contribution < 1.29 is 4.79 Å². The Bertz CT molecular complexity index is 896. The van der Waals surface area contributed by atoms with Crippen molar-refractivity contribution in [2.24, 2.45) is 7.05 Å². The van der Waals surface area contributed by atoms with E-state index in [2.05, 4.69) is 25.9 Å². The van der Waals surface area contributed by atoms with E-state index in [9.17, 15) is 4.79 Å². The molecule has 3 rings (SSSR count). The maximum Gasteiger partial charge on any atom is 0.224 e. The highest BCUT2D eigenvalue weighted by molar-refractivity contribution is 5.92. The highest BCUT2D eigenvalue weighted by Crippen LogP contribution is 2.20. The summed E-state index contributed by atoms with van der Waals surface area (Å²) in [7, 11) is 1.92. The van der Waals surface area contributed by atoms with Crippen LogP contribution in [0.4, 0.5) is 5.69 Å². The van der Waals surface area contributed by atoms with E-state index in [1.165, 1.54) is 6.33 Å². The third-order valence-corrected chi connectivity index (χ3v) is 4.37. The van der Waals surface area contributed by atoms with Gasteiger partial charge in [0.05, 0.1) is 11.4 Å². The Balaban J connectivity index is 1.69. The summed E-state index contributed by atoms with van der Waals surface area (Å²) in [6, 6.07) is 5.70. The highest BCUT2D eigenvalue weighted by Gasteiger charge is 2.12. The predicted molar refractivity (Wildman–Crippen MR) is 93.5 cm³/mol. The maximum atomic E-state index is 12.4. The SMILES string of the molecule is Cc1ccc(-n2cnnn2)cc1NC(=O)CCc1c(C)nn(C)c1C. The first kappa shape index (κ1) is 16.8. The first-order valence-corrected chi connectivity index (χ1v) is 8.08. The van der Waals surface area contributed by atoms with Gasteiger partial charge in [-0.3, -0.25) is 9.48 Å². The van der Waals surface area contributed by atoms with E-state index >= 15 is 0 Å². The molecule has 0 fully saturated rings. The van der Waals surface area contributed by atoms with Gasteiger partial charge in [-0.15, -0.1) is 5.10 Å². The van der Waals surface area contributed by atoms with Crippen molar-refractivity contribution in [3.63, 3.8) is 0 Å². The van der Waals surface area contributed by atoms with Crippen molar-refractivity contribution in [1.29, 1.82) is 0 Å². The van der Waals surface area contributed by atoms with Crippen LogP contribution in [0.25, 0.3) is 5.69 Å². The molecule has 8 nitrogen and oxygen atoms in total. The summed E-state index contributed by atoms with van der Waals surface area (Å²) < 4.78 is 3.40. The van der Waals surface area contributed by atoms with Gasteiger partial charge in [-0.1, -0.05) is 6.07 Å². The molecule has 0 aliphatic rings. The first-order chi connectivity index (χ1) is 12.0. The summed E-state index contributed by atoms with van der Waals surface area (Å²) in [6.45, 7) is 5.95. The largest absolute Gasteiger partial charge is 0.326 e. The molecule has 1 N–H and O–H groups in total. The van der Waals surface area contributed by atoms with E-state index in [4.69, 9.17) is 0 Å². The first-order valence-electron chi connectivity index (χ1n) is 8.08. The van der Waals surface area contributed by atoms with Gasteiger partial charge < -0.3 is 5.32 Å². The molecule has 0 aliphatic heterocycles. The number of aromatic nitrogens is 6. The normalized spacial score (nSPS) is 10.9. The van der Waals surface area contributed by atoms with Crippen LogP contribution in [0.1, 0.15) is 28.9 Å². The maximum absolute atomic E-state index is 12.4. The van der Waals surface area contributed by atoms with E-state index in [0.717, 1.165) is 33.9 Å². The number of carbonyl (C=O) groups is 1. The van der Waals surface area contributed by atoms with Gasteiger partial charge in [0.1, 0.15) is 6.33 Å². The molecule has 0 bridgehead atoms. The van der Waals surface area contributed by atoms with E-state index in [-0.39, 0.29) is 5.91 Å². The Morgan fingerprint density at radius 3 is 2.68 bits per heavy atom. The van der Waals surface area contributed by atoms with E-state index in [0.29, 0.717) is 12.8 Å². The Morgan fingerprint density at radius 1 is 1.24 bits per heavy atom. The molecular formula is C17H21N7O. The minimum Gasteiger partial charge on any atom is -0.326 e. The van der Waals surface area contributed by atoms with Crippen LogP contribution < -0.4 is 5.32 Å². The summed E-state index contributed by atoms with van der Waals surface area (Å²) in [5, 5.41) is 18.5. The van der Waals surface area contributed by atoms with Gasteiger partial charge in [-0.05, 0) is 60.9 Å². The molecular weight excluding hydrogens is 318 g/mol. The summed E-state index contributed by atoms with van der Waals surface area (Å²) >= 11 is 0. The van der Waals surface area contributed by atoms with E-state index < -0.39 is 0 Å². The second-order valence-electron chi connectivity index (χ2n) is 6.07. The van der Waals surface area contributed by atoms with Gasteiger partial charge in [0.2, 0.25) is 5.91 Å². The molecule has 0 aliphatic carbocycles. The van der Waals surface area contributed by atoms with Gasteiger partial charge in [-0.25, -0.2) is 4.68 Å². The van der Waals surface area contributed by atoms with Crippen molar-refractivity contribution in [1.82, 2.24) is 30.0 Å². The van der Waals surface area contributed by atoms with Crippen LogP contribution in [0.15, 0.2) is 24.5 Å². The van der Waals surface area contributed by atoms with Crippen molar-refractivity contribution in [3.8, 4) is 5.69 Å². The molecule has 25 heavy (non-hydrogen) atoms. The van der Waals surface area contributed by atoms with Gasteiger partial charge in [0.25, 0.3) is 0 Å². The quantitative estimate of drug-likeness (QED) is 0.766. The topological polar surface area (TPSA) is 90.5 Å². The number of carbonyl (C=O) groups excluding carboxylic acids is 1. The molecule has 1 amide bonds. The van der Waals surface area contributed by atoms with Crippen molar-refractivity contribution >= 4 is 11.6 Å². The van der Waals surface area contributed by atoms with Crippen molar-refractivity contribution in [2.45, 2.75) is 33.6 Å². The number of tetrazole rings is 1. The number of hydrogen-bond donors (Lipinski definition) is 1. The Kier molecular flexibility index (Phi) is 4.60. The smallest absolute Gasteiger partial charge is 0.224 e. The number of nitrogens with zero attached hydrogens (tertiary/aromatic N) is 6. The number of hydrogen-bond acceptors (Lipinski definition) is 5. The lowest BCUT2D eigenvalue weighted by Crippen LogP contribution is -2.14. The molecule has 2 aromatic heterocycles. The van der Waals surface area contributed by atoms with E-state index in [1.807, 2.05) is 50.7 Å². The Labute approximate surface area is 145 Å². The number of anilines is 1. The minimum absolute atomic E-state index is 0.0281. The van der Waals surface area contributed by atoms with Crippen LogP contribution in [0.2, 0.25) is 0 Å². The molecule has 0 spiro atoms. The number of nitrogens with one attached hydrogen (secondary N) is 1. The molecule has 0 atom stereocenters. The molecule has 0 saturated carbocycles. The monoisotopic (exact) mass is 339 g/mol. The summed E-state index contributed by atoms with van der Waals surface area (Å²) in [5.41, 5.74) is 5.75. The predicted octanol–water partition coefficient (Wildman–Crippen LogP) is 1.89. The van der Waals surface area contributed by atoms with Crippen LogP contribution in [-0.4, -0.2) is 35.9 Å². The van der Waals surface area contributed by atoms with Crippen molar-refractivity contribution in [2.75, 3.05) is 5.32 Å². The van der Waals surface area contributed by atoms with Crippen LogP contribution >= 0.6 is 0 Å². The average molecular weight is 339 g/mol. The molecule has 0 saturated heterocycles. The van der Waals surface area contributed by atoms with Crippen LogP contribution in [0, 0.1) is 20.8 Å². The standard InChI is InChI=1S/C17H21N7O/c1-11-5-6-14(24-10-18-21-22-24)9-16(11)19-17(25)8-7-15-12(2)20-23(4)13(15)3/h5-6,9-10H,7-8H2,1-4H3,(H,19,25). The second kappa shape index (κ2) is 6.84. The Morgan fingerprint density at radius 2 is 2.04 bits per heavy atom. The lowest BCUT2D eigenvalue weighted by molar-refractivity contribution is -0.116. The number of aryl methyl sites for hydroxylation is 3. The molecule has 8 heteroatoms. The summed E-state index contributed by atoms with van der Waals surface area (Å²) in [5.74, 6) is -0.0281. The molecule has 0 unspecified atom stereocenters. The fourth-order valence-corrected chi connectivity index (χ4v) is 2.80. The number of amides is 1. The van der Waals surface area contributed by atoms with Crippen LogP contribution in [-0.2, 0) is 18.3 Å². The molecule has 3 aromatic rings. The lowest BCUT2D eigenvalue weighted by atomic mass is 10.1. The molecule has 2 heterocycles. The zero-order chi connectivity index (χ0) is 18.0. The molecule has 0 radical (unpaired) electrons. The lowest BCUT2D eigenvalue weighted by Gasteiger charge is -2.10. The van der Waals surface area contributed by atoms with Gasteiger partial charge in [0.15, 0.2) is 0 Å². The van der Waals surface area contributed by atoms with Crippen LogP contribution in [0.5, 0.6) is 0 Å². The fraction of sp³-hybridized carbons (Fsp3) is 0.353. The zero-order valence-corrected chi connectivity index (χ0v) is 14.8. The van der Waals surface area contributed by atoms with Gasteiger partial charge >= 0.3 is 0 Å². The van der Waals surface area contributed by atoms with E-state index in [1.54, 1.807) is 4.68 Å². The third kappa shape index (κ3) is 3.57. The van der Waals surface area contributed by atoms with Gasteiger partial charge in [0, 0.05) is 24.8 Å². The molecule has 130 valence electrons.